The summed E-state index contributed by atoms with van der Waals surface area (Å²) in [6, 6.07) is 5.22. The minimum absolute atomic E-state index is 0.0210. The molecule has 0 N–H and O–H groups in total. The fourth-order valence-corrected chi connectivity index (χ4v) is 2.44. The number of ether oxygens (including phenoxy) is 1. The number of carbonyl (C=O) groups excluding carboxylic acids is 1. The molecule has 0 saturated carbocycles. The molecule has 0 bridgehead atoms. The molecule has 1 unspecified atom stereocenters. The molecule has 0 spiro atoms. The van der Waals surface area contributed by atoms with Crippen molar-refractivity contribution in [1.29, 1.82) is 0 Å². The van der Waals surface area contributed by atoms with Crippen molar-refractivity contribution in [1.82, 2.24) is 0 Å². The minimum atomic E-state index is -0.0210. The number of Topliss-reactive ketones (excluding diaryl/α,β-unsaturated/α-hetero) is 1. The molecule has 1 atom stereocenters. The molecule has 0 amide bonds. The summed E-state index contributed by atoms with van der Waals surface area (Å²) in [6.07, 6.45) is 10.1. The first-order chi connectivity index (χ1) is 9.16. The van der Waals surface area contributed by atoms with Crippen molar-refractivity contribution < 1.29 is 9.53 Å². The highest BCUT2D eigenvalue weighted by atomic mass is 35.5. The molecule has 2 nitrogen and oxygen atoms in total. The number of ketones is 1. The normalized spacial score (nSPS) is 21.3. The van der Waals surface area contributed by atoms with Crippen LogP contribution in [0.4, 0.5) is 0 Å². The summed E-state index contributed by atoms with van der Waals surface area (Å²) in [5, 5.41) is 0.561. The van der Waals surface area contributed by atoms with Crippen LogP contribution in [-0.2, 0) is 0 Å². The smallest absolute Gasteiger partial charge is 0.163 e. The Kier molecular flexibility index (Phi) is 5.03. The maximum Gasteiger partial charge on any atom is 0.163 e. The van der Waals surface area contributed by atoms with Crippen molar-refractivity contribution in [2.45, 2.75) is 45.1 Å². The average Bonchev–Trinajstić information content (AvgIpc) is 2.34. The Hall–Kier alpha value is -1.28. The molecular weight excluding hydrogens is 260 g/mol. The SMILES string of the molecule is CC(=O)c1cc(Cl)ccc1OC1/C=C/CCCCC1. The third-order valence-corrected chi connectivity index (χ3v) is 3.54. The standard InChI is InChI=1S/C16H19ClO2/c1-12(18)15-11-13(17)9-10-16(15)19-14-7-5-3-2-4-6-8-14/h5,7,9-11,14H,2-4,6,8H2,1H3/b7-5+. The first kappa shape index (κ1) is 14.1. The van der Waals surface area contributed by atoms with Crippen molar-refractivity contribution in [3.05, 3.63) is 40.9 Å². The van der Waals surface area contributed by atoms with Gasteiger partial charge in [0.25, 0.3) is 0 Å². The van der Waals surface area contributed by atoms with Gasteiger partial charge in [0.15, 0.2) is 5.78 Å². The lowest BCUT2D eigenvalue weighted by atomic mass is 10.0. The first-order valence-electron chi connectivity index (χ1n) is 6.80. The molecule has 0 aromatic heterocycles. The van der Waals surface area contributed by atoms with Gasteiger partial charge in [-0.3, -0.25) is 4.79 Å². The summed E-state index contributed by atoms with van der Waals surface area (Å²) in [5.41, 5.74) is 0.558. The first-order valence-corrected chi connectivity index (χ1v) is 7.18. The van der Waals surface area contributed by atoms with E-state index in [0.29, 0.717) is 16.3 Å². The van der Waals surface area contributed by atoms with Crippen LogP contribution in [0.25, 0.3) is 0 Å². The molecule has 3 heteroatoms. The van der Waals surface area contributed by atoms with Crippen LogP contribution >= 0.6 is 11.6 Å². The monoisotopic (exact) mass is 278 g/mol. The van der Waals surface area contributed by atoms with E-state index in [1.807, 2.05) is 0 Å². The largest absolute Gasteiger partial charge is 0.486 e. The van der Waals surface area contributed by atoms with E-state index < -0.39 is 0 Å². The predicted octanol–water partition coefficient (Wildman–Crippen LogP) is 4.81. The third kappa shape index (κ3) is 4.10. The fraction of sp³-hybridized carbons (Fsp3) is 0.438. The van der Waals surface area contributed by atoms with Gasteiger partial charge in [-0.1, -0.05) is 24.1 Å². The molecule has 0 saturated heterocycles. The van der Waals surface area contributed by atoms with Gasteiger partial charge in [0, 0.05) is 5.02 Å². The Morgan fingerprint density at radius 2 is 2.16 bits per heavy atom. The van der Waals surface area contributed by atoms with Gasteiger partial charge in [0.05, 0.1) is 5.56 Å². The number of carbonyl (C=O) groups is 1. The van der Waals surface area contributed by atoms with Gasteiger partial charge in [0.2, 0.25) is 0 Å². The summed E-state index contributed by atoms with van der Waals surface area (Å²) >= 11 is 5.93. The second-order valence-electron chi connectivity index (χ2n) is 4.92. The van der Waals surface area contributed by atoms with Crippen molar-refractivity contribution in [3.63, 3.8) is 0 Å². The van der Waals surface area contributed by atoms with Gasteiger partial charge < -0.3 is 4.74 Å². The summed E-state index contributed by atoms with van der Waals surface area (Å²) in [6.45, 7) is 1.53. The quantitative estimate of drug-likeness (QED) is 0.586. The number of hydrogen-bond acceptors (Lipinski definition) is 2. The zero-order chi connectivity index (χ0) is 13.7. The van der Waals surface area contributed by atoms with Gasteiger partial charge >= 0.3 is 0 Å². The number of benzene rings is 1. The molecule has 102 valence electrons. The lowest BCUT2D eigenvalue weighted by molar-refractivity contribution is 0.101. The summed E-state index contributed by atoms with van der Waals surface area (Å²) < 4.78 is 5.97. The van der Waals surface area contributed by atoms with Gasteiger partial charge in [0.1, 0.15) is 11.9 Å². The Balaban J connectivity index is 2.17. The lowest BCUT2D eigenvalue weighted by Crippen LogP contribution is -2.16. The molecule has 1 aromatic carbocycles. The van der Waals surface area contributed by atoms with Crippen molar-refractivity contribution in [3.8, 4) is 5.75 Å². The van der Waals surface area contributed by atoms with E-state index in [0.717, 1.165) is 19.3 Å². The zero-order valence-electron chi connectivity index (χ0n) is 11.2. The van der Waals surface area contributed by atoms with Crippen LogP contribution in [0.3, 0.4) is 0 Å². The second kappa shape index (κ2) is 6.76. The molecule has 0 radical (unpaired) electrons. The lowest BCUT2D eigenvalue weighted by Gasteiger charge is -2.19. The number of allylic oxidation sites excluding steroid dienone is 1. The molecule has 19 heavy (non-hydrogen) atoms. The van der Waals surface area contributed by atoms with E-state index in [1.165, 1.54) is 19.8 Å². The Morgan fingerprint density at radius 3 is 2.95 bits per heavy atom. The van der Waals surface area contributed by atoms with E-state index in [2.05, 4.69) is 12.2 Å². The Morgan fingerprint density at radius 1 is 1.32 bits per heavy atom. The topological polar surface area (TPSA) is 26.3 Å². The molecule has 0 aliphatic heterocycles. The summed E-state index contributed by atoms with van der Waals surface area (Å²) in [5.74, 6) is 0.611. The van der Waals surface area contributed by atoms with Crippen molar-refractivity contribution >= 4 is 17.4 Å². The van der Waals surface area contributed by atoms with Crippen molar-refractivity contribution in [2.75, 3.05) is 0 Å². The van der Waals surface area contributed by atoms with E-state index in [9.17, 15) is 4.79 Å². The molecule has 1 aliphatic rings. The zero-order valence-corrected chi connectivity index (χ0v) is 12.0. The molecule has 1 aliphatic carbocycles. The second-order valence-corrected chi connectivity index (χ2v) is 5.36. The highest BCUT2D eigenvalue weighted by Gasteiger charge is 2.14. The Bertz CT molecular complexity index is 480. The van der Waals surface area contributed by atoms with Gasteiger partial charge in [-0.2, -0.15) is 0 Å². The average molecular weight is 279 g/mol. The van der Waals surface area contributed by atoms with Gasteiger partial charge in [-0.15, -0.1) is 0 Å². The van der Waals surface area contributed by atoms with Crippen LogP contribution in [-0.4, -0.2) is 11.9 Å². The minimum Gasteiger partial charge on any atom is -0.486 e. The highest BCUT2D eigenvalue weighted by Crippen LogP contribution is 2.26. The summed E-state index contributed by atoms with van der Waals surface area (Å²) in [4.78, 5) is 11.6. The molecule has 0 heterocycles. The van der Waals surface area contributed by atoms with Crippen LogP contribution in [0.2, 0.25) is 5.02 Å². The van der Waals surface area contributed by atoms with Crippen LogP contribution in [0.15, 0.2) is 30.4 Å². The highest BCUT2D eigenvalue weighted by molar-refractivity contribution is 6.31. The van der Waals surface area contributed by atoms with E-state index in [-0.39, 0.29) is 11.9 Å². The number of halogens is 1. The molecule has 1 aromatic rings. The van der Waals surface area contributed by atoms with E-state index >= 15 is 0 Å². The summed E-state index contributed by atoms with van der Waals surface area (Å²) in [7, 11) is 0. The van der Waals surface area contributed by atoms with Crippen LogP contribution < -0.4 is 4.74 Å². The maximum absolute atomic E-state index is 11.6. The van der Waals surface area contributed by atoms with Gasteiger partial charge in [-0.05, 0) is 56.9 Å². The van der Waals surface area contributed by atoms with E-state index in [4.69, 9.17) is 16.3 Å². The van der Waals surface area contributed by atoms with Crippen LogP contribution in [0.5, 0.6) is 5.75 Å². The van der Waals surface area contributed by atoms with Crippen molar-refractivity contribution in [2.24, 2.45) is 0 Å². The van der Waals surface area contributed by atoms with E-state index in [1.54, 1.807) is 18.2 Å². The van der Waals surface area contributed by atoms with Gasteiger partial charge in [-0.25, -0.2) is 0 Å². The predicted molar refractivity (Wildman–Crippen MR) is 78.1 cm³/mol. The third-order valence-electron chi connectivity index (χ3n) is 3.31. The Labute approximate surface area is 119 Å². The molecule has 2 rings (SSSR count). The molecular formula is C16H19ClO2. The molecule has 0 fully saturated rings. The van der Waals surface area contributed by atoms with Crippen LogP contribution in [0, 0.1) is 0 Å². The fourth-order valence-electron chi connectivity index (χ4n) is 2.27. The number of rotatable bonds is 3. The van der Waals surface area contributed by atoms with Crippen LogP contribution in [0.1, 0.15) is 49.4 Å². The maximum atomic E-state index is 11.6. The number of hydrogen-bond donors (Lipinski definition) is 0.